The third-order valence-corrected chi connectivity index (χ3v) is 3.29. The highest BCUT2D eigenvalue weighted by Gasteiger charge is 2.18. The standard InChI is InChI=1S/C13H13NO3/c1-7-4-9-8-2-3-14-6-10(8)13(16)17-12(9)5-11(7)15/h4-5,14-15H,2-3,6H2,1H3. The largest absolute Gasteiger partial charge is 0.508 e. The average molecular weight is 231 g/mol. The van der Waals surface area contributed by atoms with Gasteiger partial charge in [0.1, 0.15) is 11.3 Å². The Morgan fingerprint density at radius 1 is 1.35 bits per heavy atom. The maximum atomic E-state index is 11.8. The SMILES string of the molecule is Cc1cc2c3c(c(=O)oc2cc1O)CNCC3. The maximum absolute atomic E-state index is 11.8. The van der Waals surface area contributed by atoms with Gasteiger partial charge in [0.25, 0.3) is 0 Å². The lowest BCUT2D eigenvalue weighted by Crippen LogP contribution is -2.29. The first-order valence-corrected chi connectivity index (χ1v) is 5.65. The van der Waals surface area contributed by atoms with Crippen LogP contribution in [0.1, 0.15) is 16.7 Å². The van der Waals surface area contributed by atoms with Crippen LogP contribution in [0.2, 0.25) is 0 Å². The van der Waals surface area contributed by atoms with E-state index in [0.29, 0.717) is 17.7 Å². The van der Waals surface area contributed by atoms with E-state index in [1.54, 1.807) is 0 Å². The molecular formula is C13H13NO3. The first-order chi connectivity index (χ1) is 8.16. The second kappa shape index (κ2) is 3.60. The van der Waals surface area contributed by atoms with E-state index >= 15 is 0 Å². The van der Waals surface area contributed by atoms with Gasteiger partial charge in [-0.15, -0.1) is 0 Å². The zero-order chi connectivity index (χ0) is 12.0. The third kappa shape index (κ3) is 1.52. The first kappa shape index (κ1) is 10.4. The minimum absolute atomic E-state index is 0.162. The van der Waals surface area contributed by atoms with Crippen molar-refractivity contribution in [3.8, 4) is 5.75 Å². The summed E-state index contributed by atoms with van der Waals surface area (Å²) in [6.07, 6.45) is 0.821. The van der Waals surface area contributed by atoms with Gasteiger partial charge in [-0.25, -0.2) is 4.79 Å². The van der Waals surface area contributed by atoms with E-state index in [2.05, 4.69) is 5.32 Å². The predicted molar refractivity (Wildman–Crippen MR) is 64.3 cm³/mol. The maximum Gasteiger partial charge on any atom is 0.341 e. The van der Waals surface area contributed by atoms with Crippen LogP contribution in [0.4, 0.5) is 0 Å². The van der Waals surface area contributed by atoms with Gasteiger partial charge in [-0.3, -0.25) is 0 Å². The minimum Gasteiger partial charge on any atom is -0.508 e. The Balaban J connectivity index is 2.43. The smallest absolute Gasteiger partial charge is 0.341 e. The van der Waals surface area contributed by atoms with Crippen molar-refractivity contribution in [2.75, 3.05) is 6.54 Å². The average Bonchev–Trinajstić information content (AvgIpc) is 2.32. The van der Waals surface area contributed by atoms with Crippen LogP contribution in [0.5, 0.6) is 5.75 Å². The molecule has 4 heteroatoms. The molecule has 4 nitrogen and oxygen atoms in total. The molecule has 0 radical (unpaired) electrons. The number of nitrogens with one attached hydrogen (secondary N) is 1. The molecule has 2 aromatic rings. The molecule has 0 atom stereocenters. The second-order valence-electron chi connectivity index (χ2n) is 4.41. The van der Waals surface area contributed by atoms with Crippen LogP contribution in [0, 0.1) is 6.92 Å². The molecule has 0 saturated carbocycles. The number of phenols is 1. The van der Waals surface area contributed by atoms with E-state index < -0.39 is 0 Å². The van der Waals surface area contributed by atoms with Gasteiger partial charge < -0.3 is 14.8 Å². The summed E-state index contributed by atoms with van der Waals surface area (Å²) in [6, 6.07) is 3.41. The van der Waals surface area contributed by atoms with Crippen LogP contribution < -0.4 is 10.9 Å². The van der Waals surface area contributed by atoms with Crippen LogP contribution in [0.25, 0.3) is 11.0 Å². The number of phenolic OH excluding ortho intramolecular Hbond substituents is 1. The molecule has 2 heterocycles. The topological polar surface area (TPSA) is 62.5 Å². The molecule has 0 aliphatic carbocycles. The molecule has 0 saturated heterocycles. The number of aromatic hydroxyl groups is 1. The molecule has 0 amide bonds. The summed E-state index contributed by atoms with van der Waals surface area (Å²) in [5.41, 5.74) is 2.74. The quantitative estimate of drug-likeness (QED) is 0.674. The Morgan fingerprint density at radius 2 is 2.18 bits per heavy atom. The van der Waals surface area contributed by atoms with Gasteiger partial charge in [-0.2, -0.15) is 0 Å². The van der Waals surface area contributed by atoms with Crippen LogP contribution in [0.15, 0.2) is 21.3 Å². The molecule has 88 valence electrons. The molecule has 3 rings (SSSR count). The molecule has 1 aliphatic heterocycles. The Morgan fingerprint density at radius 3 is 3.00 bits per heavy atom. The molecular weight excluding hydrogens is 218 g/mol. The number of fused-ring (bicyclic) bond motifs is 3. The Labute approximate surface area is 97.9 Å². The summed E-state index contributed by atoms with van der Waals surface area (Å²) in [4.78, 5) is 11.8. The molecule has 2 N–H and O–H groups in total. The Kier molecular flexibility index (Phi) is 2.19. The monoisotopic (exact) mass is 231 g/mol. The summed E-state index contributed by atoms with van der Waals surface area (Å²) in [7, 11) is 0. The summed E-state index contributed by atoms with van der Waals surface area (Å²) in [5.74, 6) is 0.162. The van der Waals surface area contributed by atoms with Crippen LogP contribution in [-0.4, -0.2) is 11.7 Å². The highest BCUT2D eigenvalue weighted by molar-refractivity contribution is 5.83. The molecule has 0 fully saturated rings. The van der Waals surface area contributed by atoms with Gasteiger partial charge >= 0.3 is 5.63 Å². The Hall–Kier alpha value is -1.81. The lowest BCUT2D eigenvalue weighted by Gasteiger charge is -2.17. The van der Waals surface area contributed by atoms with Crippen molar-refractivity contribution in [3.63, 3.8) is 0 Å². The van der Waals surface area contributed by atoms with Gasteiger partial charge in [0.2, 0.25) is 0 Å². The van der Waals surface area contributed by atoms with Crippen molar-refractivity contribution >= 4 is 11.0 Å². The van der Waals surface area contributed by atoms with Crippen molar-refractivity contribution in [1.29, 1.82) is 0 Å². The fourth-order valence-corrected chi connectivity index (χ4v) is 2.34. The molecule has 0 unspecified atom stereocenters. The molecule has 1 aliphatic rings. The van der Waals surface area contributed by atoms with Crippen LogP contribution in [0.3, 0.4) is 0 Å². The third-order valence-electron chi connectivity index (χ3n) is 3.29. The van der Waals surface area contributed by atoms with E-state index in [-0.39, 0.29) is 11.4 Å². The van der Waals surface area contributed by atoms with Gasteiger partial charge in [0.05, 0.1) is 5.56 Å². The zero-order valence-corrected chi connectivity index (χ0v) is 9.54. The fraction of sp³-hybridized carbons (Fsp3) is 0.308. The van der Waals surface area contributed by atoms with Crippen molar-refractivity contribution in [1.82, 2.24) is 5.32 Å². The number of rotatable bonds is 0. The number of benzene rings is 1. The molecule has 0 spiro atoms. The van der Waals surface area contributed by atoms with Gasteiger partial charge in [-0.1, -0.05) is 0 Å². The van der Waals surface area contributed by atoms with E-state index in [1.807, 2.05) is 13.0 Å². The zero-order valence-electron chi connectivity index (χ0n) is 9.54. The highest BCUT2D eigenvalue weighted by Crippen LogP contribution is 2.28. The van der Waals surface area contributed by atoms with Crippen molar-refractivity contribution in [3.05, 3.63) is 39.2 Å². The molecule has 1 aromatic carbocycles. The lowest BCUT2D eigenvalue weighted by molar-refractivity contribution is 0.468. The number of hydrogen-bond donors (Lipinski definition) is 2. The predicted octanol–water partition coefficient (Wildman–Crippen LogP) is 1.45. The highest BCUT2D eigenvalue weighted by atomic mass is 16.4. The van der Waals surface area contributed by atoms with E-state index in [0.717, 1.165) is 29.5 Å². The lowest BCUT2D eigenvalue weighted by atomic mass is 9.97. The van der Waals surface area contributed by atoms with Crippen LogP contribution >= 0.6 is 0 Å². The summed E-state index contributed by atoms with van der Waals surface area (Å²) in [6.45, 7) is 3.27. The normalized spacial score (nSPS) is 14.9. The summed E-state index contributed by atoms with van der Waals surface area (Å²) < 4.78 is 5.24. The molecule has 0 bridgehead atoms. The van der Waals surface area contributed by atoms with Gasteiger partial charge in [0, 0.05) is 18.0 Å². The van der Waals surface area contributed by atoms with Crippen molar-refractivity contribution in [2.24, 2.45) is 0 Å². The van der Waals surface area contributed by atoms with E-state index in [4.69, 9.17) is 4.42 Å². The molecule has 17 heavy (non-hydrogen) atoms. The summed E-state index contributed by atoms with van der Waals surface area (Å²) >= 11 is 0. The van der Waals surface area contributed by atoms with Gasteiger partial charge in [0.15, 0.2) is 0 Å². The van der Waals surface area contributed by atoms with Crippen molar-refractivity contribution in [2.45, 2.75) is 19.9 Å². The van der Waals surface area contributed by atoms with Gasteiger partial charge in [-0.05, 0) is 37.1 Å². The van der Waals surface area contributed by atoms with E-state index in [9.17, 15) is 9.90 Å². The minimum atomic E-state index is -0.303. The fourth-order valence-electron chi connectivity index (χ4n) is 2.34. The number of aryl methyl sites for hydroxylation is 1. The van der Waals surface area contributed by atoms with E-state index in [1.165, 1.54) is 6.07 Å². The van der Waals surface area contributed by atoms with Crippen molar-refractivity contribution < 1.29 is 9.52 Å². The first-order valence-electron chi connectivity index (χ1n) is 5.65. The van der Waals surface area contributed by atoms with Crippen LogP contribution in [-0.2, 0) is 13.0 Å². The second-order valence-corrected chi connectivity index (χ2v) is 4.41. The summed E-state index contributed by atoms with van der Waals surface area (Å²) in [5, 5.41) is 13.7. The number of hydrogen-bond acceptors (Lipinski definition) is 4. The molecule has 1 aromatic heterocycles. The Bertz CT molecular complexity index is 658.